The largest absolute Gasteiger partial charge is 0.323 e. The van der Waals surface area contributed by atoms with Gasteiger partial charge >= 0.3 is 6.03 Å². The van der Waals surface area contributed by atoms with E-state index in [1.54, 1.807) is 31.3 Å². The Balaban J connectivity index is 1.54. The number of carbonyl (C=O) groups is 4. The second kappa shape index (κ2) is 8.82. The van der Waals surface area contributed by atoms with Gasteiger partial charge in [0, 0.05) is 24.0 Å². The van der Waals surface area contributed by atoms with Crippen LogP contribution in [-0.2, 0) is 9.59 Å². The predicted molar refractivity (Wildman–Crippen MR) is 120 cm³/mol. The van der Waals surface area contributed by atoms with Gasteiger partial charge in [0.1, 0.15) is 12.1 Å². The third kappa shape index (κ3) is 4.08. The lowest BCUT2D eigenvalue weighted by molar-refractivity contribution is -0.146. The Labute approximate surface area is 186 Å². The molecule has 2 aromatic carbocycles. The van der Waals surface area contributed by atoms with Crippen LogP contribution in [0.15, 0.2) is 54.6 Å². The molecule has 2 aromatic rings. The number of rotatable bonds is 3. The van der Waals surface area contributed by atoms with Crippen molar-refractivity contribution in [3.05, 3.63) is 60.2 Å². The van der Waals surface area contributed by atoms with Crippen LogP contribution in [0.2, 0.25) is 0 Å². The predicted octanol–water partition coefficient (Wildman–Crippen LogP) is 3.16. The van der Waals surface area contributed by atoms with Crippen LogP contribution in [0, 0.1) is 0 Å². The normalized spacial score (nSPS) is 17.6. The Bertz CT molecular complexity index is 1050. The Morgan fingerprint density at radius 1 is 1.00 bits per heavy atom. The van der Waals surface area contributed by atoms with E-state index >= 15 is 0 Å². The van der Waals surface area contributed by atoms with Crippen molar-refractivity contribution in [1.29, 1.82) is 0 Å². The summed E-state index contributed by atoms with van der Waals surface area (Å²) in [4.78, 5) is 53.7. The van der Waals surface area contributed by atoms with Crippen LogP contribution in [0.3, 0.4) is 0 Å². The fourth-order valence-corrected chi connectivity index (χ4v) is 4.48. The fourth-order valence-electron chi connectivity index (χ4n) is 4.48. The SMILES string of the molecule is CN(C(=O)c1cccc(NC(=O)N2CC(=O)NC(=O)C23CCCCC3)c1)c1ccccc1. The van der Waals surface area contributed by atoms with Crippen molar-refractivity contribution in [3.63, 3.8) is 0 Å². The molecule has 1 saturated carbocycles. The topological polar surface area (TPSA) is 98.8 Å². The maximum absolute atomic E-state index is 13.2. The number of amides is 5. The van der Waals surface area contributed by atoms with Gasteiger partial charge in [-0.15, -0.1) is 0 Å². The zero-order chi connectivity index (χ0) is 22.7. The quantitative estimate of drug-likeness (QED) is 0.725. The van der Waals surface area contributed by atoms with Crippen LogP contribution < -0.4 is 15.5 Å². The lowest BCUT2D eigenvalue weighted by Gasteiger charge is -2.46. The van der Waals surface area contributed by atoms with Gasteiger partial charge in [-0.2, -0.15) is 0 Å². The Kier molecular flexibility index (Phi) is 5.94. The minimum absolute atomic E-state index is 0.174. The second-order valence-corrected chi connectivity index (χ2v) is 8.27. The van der Waals surface area contributed by atoms with E-state index in [9.17, 15) is 19.2 Å². The first-order valence-electron chi connectivity index (χ1n) is 10.8. The number of carbonyl (C=O) groups excluding carboxylic acids is 4. The van der Waals surface area contributed by atoms with Crippen LogP contribution in [-0.4, -0.2) is 47.8 Å². The molecule has 32 heavy (non-hydrogen) atoms. The molecule has 8 heteroatoms. The third-order valence-electron chi connectivity index (χ3n) is 6.23. The highest BCUT2D eigenvalue weighted by Crippen LogP contribution is 2.36. The van der Waals surface area contributed by atoms with Crippen molar-refractivity contribution >= 4 is 35.1 Å². The number of imide groups is 1. The summed E-state index contributed by atoms with van der Waals surface area (Å²) in [7, 11) is 1.69. The van der Waals surface area contributed by atoms with Gasteiger partial charge in [-0.3, -0.25) is 19.7 Å². The van der Waals surface area contributed by atoms with Crippen LogP contribution in [0.25, 0.3) is 0 Å². The minimum atomic E-state index is -1.00. The van der Waals surface area contributed by atoms with Crippen molar-refractivity contribution in [1.82, 2.24) is 10.2 Å². The summed E-state index contributed by atoms with van der Waals surface area (Å²) in [5.74, 6) is -1.12. The number of urea groups is 1. The van der Waals surface area contributed by atoms with Gasteiger partial charge in [0.2, 0.25) is 5.91 Å². The lowest BCUT2D eigenvalue weighted by atomic mass is 9.78. The van der Waals surface area contributed by atoms with Gasteiger partial charge in [-0.1, -0.05) is 43.5 Å². The average molecular weight is 434 g/mol. The van der Waals surface area contributed by atoms with Gasteiger partial charge in [0.15, 0.2) is 0 Å². The highest BCUT2D eigenvalue weighted by molar-refractivity contribution is 6.09. The molecule has 8 nitrogen and oxygen atoms in total. The summed E-state index contributed by atoms with van der Waals surface area (Å²) in [5, 5.41) is 5.17. The second-order valence-electron chi connectivity index (χ2n) is 8.27. The van der Waals surface area contributed by atoms with Gasteiger partial charge in [-0.25, -0.2) is 4.79 Å². The highest BCUT2D eigenvalue weighted by Gasteiger charge is 2.51. The number of para-hydroxylation sites is 1. The third-order valence-corrected chi connectivity index (χ3v) is 6.23. The van der Waals surface area contributed by atoms with Crippen LogP contribution in [0.1, 0.15) is 42.5 Å². The highest BCUT2D eigenvalue weighted by atomic mass is 16.2. The molecule has 2 fully saturated rings. The first kappa shape index (κ1) is 21.5. The van der Waals surface area contributed by atoms with E-state index in [1.165, 1.54) is 9.80 Å². The molecule has 1 aliphatic heterocycles. The molecule has 0 atom stereocenters. The van der Waals surface area contributed by atoms with Crippen LogP contribution in [0.5, 0.6) is 0 Å². The van der Waals surface area contributed by atoms with Crippen molar-refractivity contribution in [2.45, 2.75) is 37.6 Å². The van der Waals surface area contributed by atoms with Crippen molar-refractivity contribution in [2.24, 2.45) is 0 Å². The molecule has 0 aromatic heterocycles. The van der Waals surface area contributed by atoms with E-state index in [2.05, 4.69) is 10.6 Å². The maximum atomic E-state index is 13.2. The Morgan fingerprint density at radius 3 is 2.44 bits per heavy atom. The first-order chi connectivity index (χ1) is 15.4. The molecule has 1 spiro atoms. The molecule has 166 valence electrons. The summed E-state index contributed by atoms with van der Waals surface area (Å²) >= 11 is 0. The molecule has 4 rings (SSSR count). The Morgan fingerprint density at radius 2 is 1.72 bits per heavy atom. The van der Waals surface area contributed by atoms with Gasteiger partial charge in [-0.05, 0) is 43.2 Å². The molecular weight excluding hydrogens is 408 g/mol. The summed E-state index contributed by atoms with van der Waals surface area (Å²) in [6.45, 7) is -0.174. The van der Waals surface area contributed by atoms with Crippen LogP contribution >= 0.6 is 0 Å². The number of nitrogens with zero attached hydrogens (tertiary/aromatic N) is 2. The molecule has 5 amide bonds. The van der Waals surface area contributed by atoms with E-state index in [-0.39, 0.29) is 12.5 Å². The van der Waals surface area contributed by atoms with Crippen molar-refractivity contribution in [2.75, 3.05) is 23.8 Å². The molecule has 2 N–H and O–H groups in total. The van der Waals surface area contributed by atoms with Gasteiger partial charge in [0.25, 0.3) is 11.8 Å². The Hall–Kier alpha value is -3.68. The number of piperazine rings is 1. The van der Waals surface area contributed by atoms with E-state index in [0.29, 0.717) is 24.1 Å². The van der Waals surface area contributed by atoms with E-state index in [4.69, 9.17) is 0 Å². The van der Waals surface area contributed by atoms with E-state index in [0.717, 1.165) is 24.9 Å². The zero-order valence-corrected chi connectivity index (χ0v) is 18.0. The van der Waals surface area contributed by atoms with Gasteiger partial charge in [0.05, 0.1) is 0 Å². The van der Waals surface area contributed by atoms with E-state index in [1.807, 2.05) is 30.3 Å². The lowest BCUT2D eigenvalue weighted by Crippen LogP contribution is -2.69. The minimum Gasteiger partial charge on any atom is -0.311 e. The first-order valence-corrected chi connectivity index (χ1v) is 10.8. The van der Waals surface area contributed by atoms with E-state index < -0.39 is 23.4 Å². The summed E-state index contributed by atoms with van der Waals surface area (Å²) in [6.07, 6.45) is 3.69. The monoisotopic (exact) mass is 434 g/mol. The number of benzene rings is 2. The van der Waals surface area contributed by atoms with Gasteiger partial charge < -0.3 is 15.1 Å². The summed E-state index contributed by atoms with van der Waals surface area (Å²) in [6, 6.07) is 15.4. The summed E-state index contributed by atoms with van der Waals surface area (Å²) in [5.41, 5.74) is 0.585. The zero-order valence-electron chi connectivity index (χ0n) is 18.0. The molecule has 0 bridgehead atoms. The summed E-state index contributed by atoms with van der Waals surface area (Å²) < 4.78 is 0. The number of hydrogen-bond donors (Lipinski definition) is 2. The maximum Gasteiger partial charge on any atom is 0.323 e. The number of anilines is 2. The standard InChI is InChI=1S/C24H26N4O4/c1-27(19-11-4-2-5-12-19)21(30)17-9-8-10-18(15-17)25-23(32)28-16-20(29)26-22(31)24(28)13-6-3-7-14-24/h2,4-5,8-12,15H,3,6-7,13-14,16H2,1H3,(H,25,32)(H,26,29,31). The molecule has 1 saturated heterocycles. The molecule has 0 radical (unpaired) electrons. The fraction of sp³-hybridized carbons (Fsp3) is 0.333. The van der Waals surface area contributed by atoms with Crippen molar-refractivity contribution < 1.29 is 19.2 Å². The smallest absolute Gasteiger partial charge is 0.311 e. The number of nitrogens with one attached hydrogen (secondary N) is 2. The molecule has 1 aliphatic carbocycles. The molecule has 2 aliphatic rings. The molecule has 0 unspecified atom stereocenters. The molecule has 1 heterocycles. The van der Waals surface area contributed by atoms with Crippen molar-refractivity contribution in [3.8, 4) is 0 Å². The molecular formula is C24H26N4O4. The van der Waals surface area contributed by atoms with Crippen LogP contribution in [0.4, 0.5) is 16.2 Å². The number of hydrogen-bond acceptors (Lipinski definition) is 4. The average Bonchev–Trinajstić information content (AvgIpc) is 2.82.